The van der Waals surface area contributed by atoms with Gasteiger partial charge in [0.1, 0.15) is 18.3 Å². The van der Waals surface area contributed by atoms with E-state index in [0.29, 0.717) is 0 Å². The summed E-state index contributed by atoms with van der Waals surface area (Å²) in [5, 5.41) is 74.8. The van der Waals surface area contributed by atoms with Gasteiger partial charge in [0, 0.05) is 0 Å². The van der Waals surface area contributed by atoms with Gasteiger partial charge >= 0.3 is 23.9 Å². The quantitative estimate of drug-likeness (QED) is 0.156. The number of aliphatic carboxylic acids is 2. The van der Waals surface area contributed by atoms with Crippen molar-refractivity contribution in [2.75, 3.05) is 6.61 Å². The van der Waals surface area contributed by atoms with Crippen molar-refractivity contribution in [3.8, 4) is 0 Å². The summed E-state index contributed by atoms with van der Waals surface area (Å²) in [4.78, 5) is 33.3. The first-order valence-electron chi connectivity index (χ1n) is 6.81. The maximum absolute atomic E-state index is 11.8. The average molecular weight is 370 g/mol. The van der Waals surface area contributed by atoms with Gasteiger partial charge in [-0.3, -0.25) is 9.59 Å². The van der Waals surface area contributed by atoms with Crippen molar-refractivity contribution in [1.29, 1.82) is 0 Å². The number of carboxylic acids is 2. The van der Waals surface area contributed by atoms with Crippen molar-refractivity contribution in [1.82, 2.24) is 0 Å². The molecule has 13 nitrogen and oxygen atoms in total. The van der Waals surface area contributed by atoms with Crippen LogP contribution in [0.3, 0.4) is 0 Å². The third-order valence-electron chi connectivity index (χ3n) is 3.47. The van der Waals surface area contributed by atoms with E-state index >= 15 is 0 Å². The van der Waals surface area contributed by atoms with Crippen molar-refractivity contribution in [2.24, 2.45) is 0 Å². The molecule has 0 aromatic rings. The summed E-state index contributed by atoms with van der Waals surface area (Å²) < 4.78 is 8.92. The Balaban J connectivity index is 2.93. The molecule has 25 heavy (non-hydrogen) atoms. The van der Waals surface area contributed by atoms with Crippen LogP contribution in [0.15, 0.2) is 0 Å². The zero-order valence-electron chi connectivity index (χ0n) is 12.5. The van der Waals surface area contributed by atoms with Gasteiger partial charge in [-0.15, -0.1) is 0 Å². The lowest BCUT2D eigenvalue weighted by Gasteiger charge is -2.43. The number of aliphatic hydroxyl groups is 6. The van der Waals surface area contributed by atoms with Gasteiger partial charge in [0.2, 0.25) is 0 Å². The molecule has 0 spiro atoms. The Morgan fingerprint density at radius 3 is 2.08 bits per heavy atom. The molecule has 1 aliphatic heterocycles. The van der Waals surface area contributed by atoms with Gasteiger partial charge in [-0.2, -0.15) is 0 Å². The molecule has 6 atom stereocenters. The molecular weight excluding hydrogens is 352 g/mol. The standard InChI is InChI=1S/C12H18O13/c13-3-4-7(17)8(18)9(19)12(23,24-4)25-6(16)2-11(22,10(20)21)1-5(14)15/h4,7-9,13,17-19,22-23H,1-3H2,(H,14,15)(H,20,21)/t4-,7-,8+,9-,11?,12+/m1/s1. The zero-order chi connectivity index (χ0) is 19.6. The van der Waals surface area contributed by atoms with Crippen LogP contribution in [0.2, 0.25) is 0 Å². The summed E-state index contributed by atoms with van der Waals surface area (Å²) in [5.41, 5.74) is -3.08. The highest BCUT2D eigenvalue weighted by atomic mass is 16.8. The van der Waals surface area contributed by atoms with Gasteiger partial charge in [0.05, 0.1) is 19.4 Å². The smallest absolute Gasteiger partial charge is 0.357 e. The maximum atomic E-state index is 11.8. The van der Waals surface area contributed by atoms with Crippen molar-refractivity contribution in [3.63, 3.8) is 0 Å². The van der Waals surface area contributed by atoms with E-state index in [-0.39, 0.29) is 0 Å². The Bertz CT molecular complexity index is 533. The number of carbonyl (C=O) groups excluding carboxylic acids is 1. The Morgan fingerprint density at radius 1 is 1.08 bits per heavy atom. The first kappa shape index (κ1) is 21.2. The van der Waals surface area contributed by atoms with E-state index in [4.69, 9.17) is 15.3 Å². The highest BCUT2D eigenvalue weighted by Gasteiger charge is 2.56. The molecule has 1 heterocycles. The number of carbonyl (C=O) groups is 3. The monoisotopic (exact) mass is 370 g/mol. The number of rotatable bonds is 7. The zero-order valence-corrected chi connectivity index (χ0v) is 12.5. The molecule has 0 radical (unpaired) electrons. The minimum Gasteiger partial charge on any atom is -0.481 e. The molecule has 0 bridgehead atoms. The lowest BCUT2D eigenvalue weighted by Crippen LogP contribution is -2.66. The lowest BCUT2D eigenvalue weighted by molar-refractivity contribution is -0.434. The van der Waals surface area contributed by atoms with Crippen molar-refractivity contribution < 1.29 is 64.7 Å². The number of hydrogen-bond acceptors (Lipinski definition) is 11. The van der Waals surface area contributed by atoms with Crippen LogP contribution in [0, 0.1) is 0 Å². The van der Waals surface area contributed by atoms with Gasteiger partial charge < -0.3 is 50.3 Å². The van der Waals surface area contributed by atoms with Gasteiger partial charge in [0.15, 0.2) is 11.7 Å². The topological polar surface area (TPSA) is 232 Å². The van der Waals surface area contributed by atoms with Gasteiger partial charge in [-0.05, 0) is 0 Å². The van der Waals surface area contributed by atoms with Crippen LogP contribution in [-0.2, 0) is 23.9 Å². The lowest BCUT2D eigenvalue weighted by atomic mass is 9.95. The molecule has 1 rings (SSSR count). The summed E-state index contributed by atoms with van der Waals surface area (Å²) >= 11 is 0. The second-order valence-corrected chi connectivity index (χ2v) is 5.45. The molecular formula is C12H18O13. The van der Waals surface area contributed by atoms with E-state index in [9.17, 15) is 39.9 Å². The molecule has 0 saturated carbocycles. The van der Waals surface area contributed by atoms with Gasteiger partial charge in [-0.1, -0.05) is 0 Å². The predicted molar refractivity (Wildman–Crippen MR) is 70.5 cm³/mol. The first-order valence-corrected chi connectivity index (χ1v) is 6.81. The second kappa shape index (κ2) is 7.57. The Morgan fingerprint density at radius 2 is 1.64 bits per heavy atom. The van der Waals surface area contributed by atoms with Crippen molar-refractivity contribution in [2.45, 2.75) is 48.8 Å². The molecule has 13 heteroatoms. The summed E-state index contributed by atoms with van der Waals surface area (Å²) in [7, 11) is 0. The van der Waals surface area contributed by atoms with Crippen LogP contribution in [-0.4, -0.2) is 101 Å². The molecule has 8 N–H and O–H groups in total. The second-order valence-electron chi connectivity index (χ2n) is 5.45. The van der Waals surface area contributed by atoms with Gasteiger partial charge in [-0.25, -0.2) is 4.79 Å². The summed E-state index contributed by atoms with van der Waals surface area (Å²) in [5.74, 6) is -8.80. The molecule has 1 aliphatic rings. The number of esters is 1. The average Bonchev–Trinajstić information content (AvgIpc) is 2.47. The van der Waals surface area contributed by atoms with E-state index < -0.39 is 73.3 Å². The minimum atomic E-state index is -3.29. The highest BCUT2D eigenvalue weighted by molar-refractivity contribution is 5.88. The number of aliphatic hydroxyl groups excluding tert-OH is 4. The molecule has 0 aliphatic carbocycles. The van der Waals surface area contributed by atoms with Crippen LogP contribution in [0.25, 0.3) is 0 Å². The van der Waals surface area contributed by atoms with E-state index in [2.05, 4.69) is 9.47 Å². The van der Waals surface area contributed by atoms with Crippen LogP contribution >= 0.6 is 0 Å². The van der Waals surface area contributed by atoms with Crippen molar-refractivity contribution >= 4 is 17.9 Å². The summed E-state index contributed by atoms with van der Waals surface area (Å²) in [6.07, 6.45) is -10.9. The van der Waals surface area contributed by atoms with Crippen LogP contribution in [0.1, 0.15) is 12.8 Å². The third-order valence-corrected chi connectivity index (χ3v) is 3.47. The molecule has 144 valence electrons. The molecule has 1 fully saturated rings. The molecule has 0 aromatic carbocycles. The molecule has 0 aromatic heterocycles. The van der Waals surface area contributed by atoms with Crippen molar-refractivity contribution in [3.05, 3.63) is 0 Å². The van der Waals surface area contributed by atoms with E-state index in [1.54, 1.807) is 0 Å². The normalized spacial score (nSPS) is 34.8. The largest absolute Gasteiger partial charge is 0.481 e. The minimum absolute atomic E-state index is 0.955. The predicted octanol–water partition coefficient (Wildman–Crippen LogP) is -4.67. The summed E-state index contributed by atoms with van der Waals surface area (Å²) in [6, 6.07) is 0. The fourth-order valence-corrected chi connectivity index (χ4v) is 2.11. The maximum Gasteiger partial charge on any atom is 0.357 e. The third kappa shape index (κ3) is 4.60. The molecule has 1 saturated heterocycles. The Kier molecular flexibility index (Phi) is 6.41. The van der Waals surface area contributed by atoms with Crippen LogP contribution in [0.5, 0.6) is 0 Å². The van der Waals surface area contributed by atoms with E-state index in [1.165, 1.54) is 0 Å². The number of hydrogen-bond donors (Lipinski definition) is 8. The first-order chi connectivity index (χ1) is 11.4. The molecule has 1 unspecified atom stereocenters. The number of carboxylic acid groups (broad SMARTS) is 2. The molecule has 0 amide bonds. The Labute approximate surface area is 139 Å². The summed E-state index contributed by atoms with van der Waals surface area (Å²) in [6.45, 7) is -0.955. The van der Waals surface area contributed by atoms with Crippen LogP contribution in [0.4, 0.5) is 0 Å². The van der Waals surface area contributed by atoms with Crippen LogP contribution < -0.4 is 0 Å². The number of ether oxygens (including phenoxy) is 2. The fraction of sp³-hybridized carbons (Fsp3) is 0.750. The van der Waals surface area contributed by atoms with E-state index in [0.717, 1.165) is 0 Å². The SMILES string of the molecule is O=C(O)CC(O)(CC(=O)O[C@@]1(O)O[C@H](CO)[C@@H](O)[C@H](O)[C@H]1O)C(=O)O. The Hall–Kier alpha value is -1.87. The van der Waals surface area contributed by atoms with Gasteiger partial charge in [0.25, 0.3) is 0 Å². The van der Waals surface area contributed by atoms with E-state index in [1.807, 2.05) is 0 Å². The highest BCUT2D eigenvalue weighted by Crippen LogP contribution is 2.30. The fourth-order valence-electron chi connectivity index (χ4n) is 2.11.